The van der Waals surface area contributed by atoms with Crippen molar-refractivity contribution in [3.05, 3.63) is 29.8 Å². The highest BCUT2D eigenvalue weighted by Crippen LogP contribution is 2.14. The van der Waals surface area contributed by atoms with Gasteiger partial charge >= 0.3 is 5.97 Å². The Labute approximate surface area is 125 Å². The SMILES string of the molecule is COCC(C)N(C)CCS(=O)(=O)c1cccc(C(=O)O)c1. The Morgan fingerprint density at radius 2 is 2.10 bits per heavy atom. The molecule has 1 aromatic rings. The van der Waals surface area contributed by atoms with Gasteiger partial charge in [-0.2, -0.15) is 0 Å². The third-order valence-corrected chi connectivity index (χ3v) is 5.01. The number of sulfone groups is 1. The molecule has 7 heteroatoms. The molecule has 0 fully saturated rings. The normalized spacial score (nSPS) is 13.3. The van der Waals surface area contributed by atoms with E-state index in [1.54, 1.807) is 7.11 Å². The Hall–Kier alpha value is -1.44. The molecule has 1 atom stereocenters. The van der Waals surface area contributed by atoms with Crippen LogP contribution in [0.5, 0.6) is 0 Å². The van der Waals surface area contributed by atoms with Crippen LogP contribution in [-0.2, 0) is 14.6 Å². The third kappa shape index (κ3) is 5.11. The number of nitrogens with zero attached hydrogens (tertiary/aromatic N) is 1. The smallest absolute Gasteiger partial charge is 0.335 e. The number of hydrogen-bond donors (Lipinski definition) is 1. The monoisotopic (exact) mass is 315 g/mol. The zero-order valence-electron chi connectivity index (χ0n) is 12.4. The Morgan fingerprint density at radius 1 is 1.43 bits per heavy atom. The molecule has 0 heterocycles. The first-order chi connectivity index (χ1) is 9.77. The Morgan fingerprint density at radius 3 is 2.67 bits per heavy atom. The van der Waals surface area contributed by atoms with Crippen LogP contribution in [0.4, 0.5) is 0 Å². The van der Waals surface area contributed by atoms with E-state index < -0.39 is 15.8 Å². The molecule has 1 unspecified atom stereocenters. The van der Waals surface area contributed by atoms with Crippen LogP contribution in [0.15, 0.2) is 29.2 Å². The van der Waals surface area contributed by atoms with Gasteiger partial charge in [-0.15, -0.1) is 0 Å². The number of carboxylic acids is 1. The number of methoxy groups -OCH3 is 1. The van der Waals surface area contributed by atoms with Gasteiger partial charge in [-0.25, -0.2) is 13.2 Å². The predicted molar refractivity (Wildman–Crippen MR) is 79.4 cm³/mol. The number of ether oxygens (including phenoxy) is 1. The minimum Gasteiger partial charge on any atom is -0.478 e. The van der Waals surface area contributed by atoms with Crippen LogP contribution in [0.1, 0.15) is 17.3 Å². The highest BCUT2D eigenvalue weighted by molar-refractivity contribution is 7.91. The molecule has 1 rings (SSSR count). The second kappa shape index (κ2) is 7.53. The molecule has 0 aliphatic carbocycles. The van der Waals surface area contributed by atoms with Gasteiger partial charge in [0.2, 0.25) is 0 Å². The molecule has 1 N–H and O–H groups in total. The van der Waals surface area contributed by atoms with Crippen molar-refractivity contribution in [2.75, 3.05) is 33.1 Å². The van der Waals surface area contributed by atoms with Crippen molar-refractivity contribution in [2.24, 2.45) is 0 Å². The molecule has 0 saturated carbocycles. The molecule has 0 saturated heterocycles. The molecule has 1 aromatic carbocycles. The summed E-state index contributed by atoms with van der Waals surface area (Å²) in [6.45, 7) is 2.82. The maximum atomic E-state index is 12.2. The summed E-state index contributed by atoms with van der Waals surface area (Å²) in [6, 6.07) is 5.52. The van der Waals surface area contributed by atoms with Crippen LogP contribution in [-0.4, -0.2) is 63.5 Å². The van der Waals surface area contributed by atoms with Gasteiger partial charge in [-0.1, -0.05) is 6.07 Å². The number of rotatable bonds is 8. The lowest BCUT2D eigenvalue weighted by molar-refractivity contribution is 0.0696. The largest absolute Gasteiger partial charge is 0.478 e. The van der Waals surface area contributed by atoms with E-state index in [-0.39, 0.29) is 22.3 Å². The van der Waals surface area contributed by atoms with E-state index in [0.717, 1.165) is 0 Å². The summed E-state index contributed by atoms with van der Waals surface area (Å²) in [7, 11) is -0.0837. The average molecular weight is 315 g/mol. The number of aromatic carboxylic acids is 1. The van der Waals surface area contributed by atoms with Gasteiger partial charge in [0.05, 0.1) is 22.8 Å². The van der Waals surface area contributed by atoms with Crippen LogP contribution in [0.25, 0.3) is 0 Å². The molecule has 0 amide bonds. The zero-order valence-corrected chi connectivity index (χ0v) is 13.3. The second-order valence-electron chi connectivity index (χ2n) is 4.94. The quantitative estimate of drug-likeness (QED) is 0.774. The van der Waals surface area contributed by atoms with Crippen molar-refractivity contribution >= 4 is 15.8 Å². The number of likely N-dealkylation sites (N-methyl/N-ethyl adjacent to an activating group) is 1. The van der Waals surface area contributed by atoms with Crippen LogP contribution < -0.4 is 0 Å². The fourth-order valence-corrected chi connectivity index (χ4v) is 3.15. The van der Waals surface area contributed by atoms with Crippen molar-refractivity contribution in [1.82, 2.24) is 4.90 Å². The van der Waals surface area contributed by atoms with E-state index in [1.165, 1.54) is 24.3 Å². The lowest BCUT2D eigenvalue weighted by atomic mass is 10.2. The van der Waals surface area contributed by atoms with E-state index in [4.69, 9.17) is 9.84 Å². The van der Waals surface area contributed by atoms with Crippen molar-refractivity contribution in [3.8, 4) is 0 Å². The van der Waals surface area contributed by atoms with Gasteiger partial charge in [0.25, 0.3) is 0 Å². The summed E-state index contributed by atoms with van der Waals surface area (Å²) in [4.78, 5) is 12.8. The van der Waals surface area contributed by atoms with E-state index in [2.05, 4.69) is 0 Å². The van der Waals surface area contributed by atoms with Gasteiger partial charge in [-0.05, 0) is 32.2 Å². The van der Waals surface area contributed by atoms with E-state index in [0.29, 0.717) is 13.2 Å². The molecule has 0 spiro atoms. The summed E-state index contributed by atoms with van der Waals surface area (Å²) in [5.41, 5.74) is -0.0304. The second-order valence-corrected chi connectivity index (χ2v) is 7.05. The first-order valence-corrected chi connectivity index (χ1v) is 8.18. The molecular formula is C14H21NO5S. The molecule has 0 bridgehead atoms. The van der Waals surface area contributed by atoms with Crippen molar-refractivity contribution < 1.29 is 23.1 Å². The number of benzene rings is 1. The van der Waals surface area contributed by atoms with Gasteiger partial charge in [0.15, 0.2) is 9.84 Å². The maximum absolute atomic E-state index is 12.2. The molecule has 0 radical (unpaired) electrons. The summed E-state index contributed by atoms with van der Waals surface area (Å²) >= 11 is 0. The lowest BCUT2D eigenvalue weighted by Crippen LogP contribution is -2.36. The van der Waals surface area contributed by atoms with Gasteiger partial charge in [0.1, 0.15) is 0 Å². The molecule has 0 aliphatic rings. The highest BCUT2D eigenvalue weighted by atomic mass is 32.2. The first kappa shape index (κ1) is 17.6. The summed E-state index contributed by atoms with van der Waals surface area (Å²) in [6.07, 6.45) is 0. The van der Waals surface area contributed by atoms with E-state index >= 15 is 0 Å². The Kier molecular flexibility index (Phi) is 6.32. The Bertz CT molecular complexity index is 585. The molecule has 118 valence electrons. The van der Waals surface area contributed by atoms with Crippen LogP contribution in [0.2, 0.25) is 0 Å². The minimum atomic E-state index is -3.51. The first-order valence-electron chi connectivity index (χ1n) is 6.53. The third-order valence-electron chi connectivity index (χ3n) is 3.31. The molecule has 0 aliphatic heterocycles. The molecule has 6 nitrogen and oxygen atoms in total. The molecule has 0 aromatic heterocycles. The molecule has 21 heavy (non-hydrogen) atoms. The maximum Gasteiger partial charge on any atom is 0.335 e. The summed E-state index contributed by atoms with van der Waals surface area (Å²) < 4.78 is 29.5. The van der Waals surface area contributed by atoms with Crippen molar-refractivity contribution in [3.63, 3.8) is 0 Å². The minimum absolute atomic E-state index is 0.0304. The number of carbonyl (C=O) groups is 1. The van der Waals surface area contributed by atoms with Crippen molar-refractivity contribution in [1.29, 1.82) is 0 Å². The zero-order chi connectivity index (χ0) is 16.0. The van der Waals surface area contributed by atoms with Crippen LogP contribution in [0, 0.1) is 0 Å². The van der Waals surface area contributed by atoms with Crippen LogP contribution >= 0.6 is 0 Å². The van der Waals surface area contributed by atoms with E-state index in [1.807, 2.05) is 18.9 Å². The number of hydrogen-bond acceptors (Lipinski definition) is 5. The average Bonchev–Trinajstić information content (AvgIpc) is 2.45. The number of carboxylic acid groups (broad SMARTS) is 1. The predicted octanol–water partition coefficient (Wildman–Crippen LogP) is 1.13. The lowest BCUT2D eigenvalue weighted by Gasteiger charge is -2.23. The Balaban J connectivity index is 2.78. The van der Waals surface area contributed by atoms with Gasteiger partial charge in [0, 0.05) is 19.7 Å². The summed E-state index contributed by atoms with van der Waals surface area (Å²) in [5.74, 6) is -1.21. The van der Waals surface area contributed by atoms with E-state index in [9.17, 15) is 13.2 Å². The topological polar surface area (TPSA) is 83.9 Å². The van der Waals surface area contributed by atoms with Crippen LogP contribution in [0.3, 0.4) is 0 Å². The highest BCUT2D eigenvalue weighted by Gasteiger charge is 2.18. The molecular weight excluding hydrogens is 294 g/mol. The fourth-order valence-electron chi connectivity index (χ4n) is 1.79. The van der Waals surface area contributed by atoms with Crippen molar-refractivity contribution in [2.45, 2.75) is 17.9 Å². The standard InChI is InChI=1S/C14H21NO5S/c1-11(10-20-3)15(2)7-8-21(18,19)13-6-4-5-12(9-13)14(16)17/h4-6,9,11H,7-8,10H2,1-3H3,(H,16,17). The van der Waals surface area contributed by atoms with Gasteiger partial charge in [-0.3, -0.25) is 0 Å². The fraction of sp³-hybridized carbons (Fsp3) is 0.500. The summed E-state index contributed by atoms with van der Waals surface area (Å²) in [5, 5.41) is 8.91. The van der Waals surface area contributed by atoms with Gasteiger partial charge < -0.3 is 14.7 Å².